The van der Waals surface area contributed by atoms with Crippen LogP contribution in [-0.4, -0.2) is 60.6 Å². The highest BCUT2D eigenvalue weighted by molar-refractivity contribution is 5.82. The molecule has 4 heteroatoms. The molecule has 0 radical (unpaired) electrons. The minimum atomic E-state index is -0.184. The van der Waals surface area contributed by atoms with Crippen LogP contribution in [0.2, 0.25) is 0 Å². The van der Waals surface area contributed by atoms with Crippen LogP contribution in [0.3, 0.4) is 0 Å². The van der Waals surface area contributed by atoms with Gasteiger partial charge in [-0.2, -0.15) is 0 Å². The first-order valence-electron chi connectivity index (χ1n) is 5.63. The number of nitrogens with zero attached hydrogens (tertiary/aromatic N) is 2. The minimum absolute atomic E-state index is 0.124. The molecule has 2 fully saturated rings. The molecule has 0 aromatic rings. The molecule has 2 aliphatic heterocycles. The molecule has 0 aromatic carbocycles. The Kier molecular flexibility index (Phi) is 2.73. The van der Waals surface area contributed by atoms with Crippen LogP contribution in [0.5, 0.6) is 0 Å². The van der Waals surface area contributed by atoms with E-state index < -0.39 is 0 Å². The second kappa shape index (κ2) is 3.76. The molecule has 4 nitrogen and oxygen atoms in total. The Labute approximate surface area is 91.2 Å². The van der Waals surface area contributed by atoms with E-state index in [1.54, 1.807) is 0 Å². The second-order valence-corrected chi connectivity index (χ2v) is 5.15. The monoisotopic (exact) mass is 212 g/mol. The van der Waals surface area contributed by atoms with Gasteiger partial charge in [-0.05, 0) is 27.3 Å². The fraction of sp³-hybridized carbons (Fsp3) is 0.909. The quantitative estimate of drug-likeness (QED) is 0.628. The van der Waals surface area contributed by atoms with Gasteiger partial charge < -0.3 is 9.64 Å². The lowest BCUT2D eigenvalue weighted by Crippen LogP contribution is -2.59. The van der Waals surface area contributed by atoms with Gasteiger partial charge in [-0.25, -0.2) is 0 Å². The van der Waals surface area contributed by atoms with Crippen LogP contribution < -0.4 is 0 Å². The topological polar surface area (TPSA) is 32.8 Å². The Bertz CT molecular complexity index is 265. The highest BCUT2D eigenvalue weighted by Crippen LogP contribution is 2.21. The fourth-order valence-electron chi connectivity index (χ4n) is 2.24. The summed E-state index contributed by atoms with van der Waals surface area (Å²) in [5.74, 6) is 0.278. The van der Waals surface area contributed by atoms with Gasteiger partial charge in [-0.1, -0.05) is 0 Å². The average Bonchev–Trinajstić information content (AvgIpc) is 2.14. The van der Waals surface area contributed by atoms with Crippen molar-refractivity contribution in [2.24, 2.45) is 0 Å². The van der Waals surface area contributed by atoms with Crippen molar-refractivity contribution >= 4 is 5.91 Å². The molecule has 15 heavy (non-hydrogen) atoms. The number of hydrogen-bond acceptors (Lipinski definition) is 3. The van der Waals surface area contributed by atoms with Crippen LogP contribution in [0.1, 0.15) is 20.3 Å². The summed E-state index contributed by atoms with van der Waals surface area (Å²) in [6, 6.07) is 0.124. The van der Waals surface area contributed by atoms with Gasteiger partial charge in [0.05, 0.1) is 18.2 Å². The third kappa shape index (κ3) is 2.16. The zero-order chi connectivity index (χ0) is 11.1. The predicted octanol–water partition coefficient (Wildman–Crippen LogP) is 0.328. The van der Waals surface area contributed by atoms with Gasteiger partial charge >= 0.3 is 0 Å². The number of rotatable bonds is 1. The first kappa shape index (κ1) is 10.9. The fourth-order valence-corrected chi connectivity index (χ4v) is 2.24. The lowest BCUT2D eigenvalue weighted by Gasteiger charge is -2.44. The summed E-state index contributed by atoms with van der Waals surface area (Å²) < 4.78 is 5.60. The van der Waals surface area contributed by atoms with Crippen molar-refractivity contribution in [3.63, 3.8) is 0 Å². The largest absolute Gasteiger partial charge is 0.372 e. The summed E-state index contributed by atoms with van der Waals surface area (Å²) >= 11 is 0. The van der Waals surface area contributed by atoms with Crippen LogP contribution in [-0.2, 0) is 9.53 Å². The van der Waals surface area contributed by atoms with Crippen LogP contribution in [0, 0.1) is 0 Å². The molecule has 0 saturated carbocycles. The maximum Gasteiger partial charge on any atom is 0.240 e. The molecule has 0 N–H and O–H groups in total. The van der Waals surface area contributed by atoms with Crippen molar-refractivity contribution in [3.8, 4) is 0 Å². The second-order valence-electron chi connectivity index (χ2n) is 5.15. The van der Waals surface area contributed by atoms with Crippen molar-refractivity contribution in [1.82, 2.24) is 9.80 Å². The van der Waals surface area contributed by atoms with Gasteiger partial charge in [0.25, 0.3) is 0 Å². The van der Waals surface area contributed by atoms with Gasteiger partial charge in [0.2, 0.25) is 5.91 Å². The van der Waals surface area contributed by atoms with E-state index in [1.807, 2.05) is 25.8 Å². The van der Waals surface area contributed by atoms with Crippen LogP contribution in [0.4, 0.5) is 0 Å². The van der Waals surface area contributed by atoms with E-state index in [0.29, 0.717) is 6.61 Å². The zero-order valence-electron chi connectivity index (χ0n) is 9.82. The van der Waals surface area contributed by atoms with Crippen molar-refractivity contribution in [2.75, 3.05) is 33.3 Å². The molecule has 86 valence electrons. The van der Waals surface area contributed by atoms with E-state index >= 15 is 0 Å². The van der Waals surface area contributed by atoms with Gasteiger partial charge in [0, 0.05) is 19.6 Å². The number of ether oxygens (including phenoxy) is 1. The summed E-state index contributed by atoms with van der Waals surface area (Å²) in [5.41, 5.74) is -0.184. The van der Waals surface area contributed by atoms with Gasteiger partial charge in [-0.3, -0.25) is 9.69 Å². The predicted molar refractivity (Wildman–Crippen MR) is 57.6 cm³/mol. The average molecular weight is 212 g/mol. The molecule has 0 spiro atoms. The van der Waals surface area contributed by atoms with E-state index in [9.17, 15) is 4.79 Å². The lowest BCUT2D eigenvalue weighted by atomic mass is 10.0. The Balaban J connectivity index is 1.95. The number of likely N-dealkylation sites (N-methyl/N-ethyl adjacent to an activating group) is 1. The van der Waals surface area contributed by atoms with Crippen molar-refractivity contribution in [3.05, 3.63) is 0 Å². The normalized spacial score (nSPS) is 31.1. The van der Waals surface area contributed by atoms with E-state index in [4.69, 9.17) is 4.74 Å². The maximum atomic E-state index is 12.1. The Morgan fingerprint density at radius 1 is 1.40 bits per heavy atom. The molecule has 0 bridgehead atoms. The molecular weight excluding hydrogens is 192 g/mol. The third-order valence-electron chi connectivity index (χ3n) is 3.31. The molecule has 2 aliphatic rings. The summed E-state index contributed by atoms with van der Waals surface area (Å²) in [5, 5.41) is 0. The maximum absolute atomic E-state index is 12.1. The molecule has 0 aliphatic carbocycles. The van der Waals surface area contributed by atoms with Crippen LogP contribution in [0.15, 0.2) is 0 Å². The molecule has 0 unspecified atom stereocenters. The van der Waals surface area contributed by atoms with E-state index in [0.717, 1.165) is 26.1 Å². The number of hydrogen-bond donors (Lipinski definition) is 0. The molecule has 2 heterocycles. The minimum Gasteiger partial charge on any atom is -0.372 e. The van der Waals surface area contributed by atoms with E-state index in [1.165, 1.54) is 0 Å². The number of amides is 1. The van der Waals surface area contributed by atoms with Crippen LogP contribution in [0.25, 0.3) is 0 Å². The van der Waals surface area contributed by atoms with Crippen molar-refractivity contribution in [1.29, 1.82) is 0 Å². The molecule has 1 atom stereocenters. The van der Waals surface area contributed by atoms with Gasteiger partial charge in [-0.15, -0.1) is 0 Å². The van der Waals surface area contributed by atoms with Gasteiger partial charge in [0.15, 0.2) is 0 Å². The number of carbonyl (C=O) groups excluding carboxylic acids is 1. The number of morpholine rings is 1. The Morgan fingerprint density at radius 3 is 2.60 bits per heavy atom. The van der Waals surface area contributed by atoms with Gasteiger partial charge in [0.1, 0.15) is 0 Å². The molecule has 0 aromatic heterocycles. The standard InChI is InChI=1S/C11H20N2O2/c1-11(2)8-13(6-7-15-11)10(14)9-4-5-12(9)3/h9H,4-8H2,1-3H3/t9-/m0/s1. The molecule has 1 amide bonds. The SMILES string of the molecule is CN1CC[C@H]1C(=O)N1CCOC(C)(C)C1. The molecule has 2 rings (SSSR count). The first-order valence-corrected chi connectivity index (χ1v) is 5.63. The van der Waals surface area contributed by atoms with E-state index in [2.05, 4.69) is 4.90 Å². The molecule has 2 saturated heterocycles. The zero-order valence-corrected chi connectivity index (χ0v) is 9.82. The molecular formula is C11H20N2O2. The lowest BCUT2D eigenvalue weighted by molar-refractivity contribution is -0.154. The highest BCUT2D eigenvalue weighted by Gasteiger charge is 2.37. The Hall–Kier alpha value is -0.610. The number of likely N-dealkylation sites (tertiary alicyclic amines) is 1. The number of carbonyl (C=O) groups is 1. The van der Waals surface area contributed by atoms with E-state index in [-0.39, 0.29) is 17.6 Å². The first-order chi connectivity index (χ1) is 6.99. The summed E-state index contributed by atoms with van der Waals surface area (Å²) in [4.78, 5) is 16.2. The highest BCUT2D eigenvalue weighted by atomic mass is 16.5. The van der Waals surface area contributed by atoms with Crippen molar-refractivity contribution < 1.29 is 9.53 Å². The summed E-state index contributed by atoms with van der Waals surface area (Å²) in [7, 11) is 2.01. The smallest absolute Gasteiger partial charge is 0.240 e. The van der Waals surface area contributed by atoms with Crippen LogP contribution >= 0.6 is 0 Å². The third-order valence-corrected chi connectivity index (χ3v) is 3.31. The summed E-state index contributed by atoms with van der Waals surface area (Å²) in [6.07, 6.45) is 1.01. The summed E-state index contributed by atoms with van der Waals surface area (Å²) in [6.45, 7) is 7.25. The Morgan fingerprint density at radius 2 is 2.13 bits per heavy atom. The van der Waals surface area contributed by atoms with Crippen molar-refractivity contribution in [2.45, 2.75) is 31.9 Å².